The van der Waals surface area contributed by atoms with E-state index in [9.17, 15) is 18.0 Å². The van der Waals surface area contributed by atoms with Crippen LogP contribution in [0.25, 0.3) is 0 Å². The first-order valence-electron chi connectivity index (χ1n) is 8.04. The number of carbonyl (C=O) groups is 2. The Morgan fingerprint density at radius 1 is 1.00 bits per heavy atom. The topological polar surface area (TPSA) is 83.6 Å². The Bertz CT molecular complexity index is 904. The van der Waals surface area contributed by atoms with Crippen molar-refractivity contribution >= 4 is 27.3 Å². The second-order valence-electron chi connectivity index (χ2n) is 6.19. The first kappa shape index (κ1) is 19.7. The summed E-state index contributed by atoms with van der Waals surface area (Å²) in [5, 5.41) is 2.65. The molecule has 26 heavy (non-hydrogen) atoms. The average molecular weight is 374 g/mol. The van der Waals surface area contributed by atoms with E-state index in [2.05, 4.69) is 5.32 Å². The predicted octanol–water partition coefficient (Wildman–Crippen LogP) is 2.88. The van der Waals surface area contributed by atoms with Crippen LogP contribution in [-0.2, 0) is 14.6 Å². The van der Waals surface area contributed by atoms with Gasteiger partial charge in [0.1, 0.15) is 0 Å². The third-order valence-corrected chi connectivity index (χ3v) is 5.27. The number of hydrogen-bond donors (Lipinski definition) is 1. The number of rotatable bonds is 5. The molecule has 0 aliphatic heterocycles. The van der Waals surface area contributed by atoms with Gasteiger partial charge >= 0.3 is 0 Å². The Morgan fingerprint density at radius 3 is 2.00 bits per heavy atom. The first-order chi connectivity index (χ1) is 12.1. The number of carbonyl (C=O) groups excluding carboxylic acids is 2. The number of benzene rings is 2. The Labute approximate surface area is 153 Å². The molecule has 1 N–H and O–H groups in total. The lowest BCUT2D eigenvalue weighted by Crippen LogP contribution is -2.29. The van der Waals surface area contributed by atoms with Gasteiger partial charge in [0.15, 0.2) is 9.84 Å². The number of nitrogens with one attached hydrogen (secondary N) is 1. The summed E-state index contributed by atoms with van der Waals surface area (Å²) in [7, 11) is -1.55. The van der Waals surface area contributed by atoms with E-state index in [1.54, 1.807) is 60.5 Å². The fourth-order valence-electron chi connectivity index (χ4n) is 2.50. The summed E-state index contributed by atoms with van der Waals surface area (Å²) in [6.07, 6.45) is 1.16. The van der Waals surface area contributed by atoms with Gasteiger partial charge < -0.3 is 10.2 Å². The van der Waals surface area contributed by atoms with Crippen molar-refractivity contribution < 1.29 is 18.0 Å². The molecule has 2 aromatic carbocycles. The molecular weight excluding hydrogens is 352 g/mol. The second kappa shape index (κ2) is 7.70. The van der Waals surface area contributed by atoms with Gasteiger partial charge in [0.2, 0.25) is 5.91 Å². The molecule has 138 valence electrons. The number of sulfone groups is 1. The summed E-state index contributed by atoms with van der Waals surface area (Å²) in [4.78, 5) is 25.5. The van der Waals surface area contributed by atoms with Crippen molar-refractivity contribution in [1.29, 1.82) is 0 Å². The lowest BCUT2D eigenvalue weighted by atomic mass is 10.1. The normalized spacial score (nSPS) is 12.3. The molecule has 1 unspecified atom stereocenters. The molecule has 0 saturated carbocycles. The summed E-state index contributed by atoms with van der Waals surface area (Å²) in [6, 6.07) is 12.9. The van der Waals surface area contributed by atoms with Crippen molar-refractivity contribution in [1.82, 2.24) is 4.90 Å². The van der Waals surface area contributed by atoms with E-state index >= 15 is 0 Å². The van der Waals surface area contributed by atoms with Gasteiger partial charge in [0, 0.05) is 31.5 Å². The Morgan fingerprint density at radius 2 is 1.54 bits per heavy atom. The lowest BCUT2D eigenvalue weighted by Gasteiger charge is -2.25. The SMILES string of the molecule is CC(=O)Nc1ccc(C(=O)N(C)C(C)c2ccc(S(C)(=O)=O)cc2)cc1. The first-order valence-corrected chi connectivity index (χ1v) is 9.93. The van der Waals surface area contributed by atoms with Gasteiger partial charge in [-0.3, -0.25) is 9.59 Å². The van der Waals surface area contributed by atoms with Crippen LogP contribution in [0.15, 0.2) is 53.4 Å². The molecule has 1 atom stereocenters. The minimum absolute atomic E-state index is 0.168. The van der Waals surface area contributed by atoms with E-state index < -0.39 is 9.84 Å². The van der Waals surface area contributed by atoms with E-state index in [0.717, 1.165) is 11.8 Å². The van der Waals surface area contributed by atoms with Crippen LogP contribution in [0.5, 0.6) is 0 Å². The Hall–Kier alpha value is -2.67. The van der Waals surface area contributed by atoms with Crippen LogP contribution in [0.1, 0.15) is 35.8 Å². The van der Waals surface area contributed by atoms with Crippen molar-refractivity contribution in [2.24, 2.45) is 0 Å². The van der Waals surface area contributed by atoms with E-state index in [1.165, 1.54) is 6.92 Å². The van der Waals surface area contributed by atoms with Crippen LogP contribution in [0.2, 0.25) is 0 Å². The summed E-state index contributed by atoms with van der Waals surface area (Å²) < 4.78 is 23.1. The second-order valence-corrected chi connectivity index (χ2v) is 8.21. The maximum atomic E-state index is 12.7. The third kappa shape index (κ3) is 4.70. The maximum absolute atomic E-state index is 12.7. The van der Waals surface area contributed by atoms with Gasteiger partial charge in [-0.2, -0.15) is 0 Å². The molecule has 0 radical (unpaired) electrons. The molecule has 0 fully saturated rings. The standard InChI is InChI=1S/C19H22N2O4S/c1-13(15-7-11-18(12-8-15)26(4,24)25)21(3)19(23)16-5-9-17(10-6-16)20-14(2)22/h5-13H,1-4H3,(H,20,22). The van der Waals surface area contributed by atoms with Gasteiger partial charge in [-0.1, -0.05) is 12.1 Å². The van der Waals surface area contributed by atoms with Crippen molar-refractivity contribution in [2.45, 2.75) is 24.8 Å². The minimum Gasteiger partial charge on any atom is -0.335 e. The molecule has 2 amide bonds. The van der Waals surface area contributed by atoms with Gasteiger partial charge in [0.25, 0.3) is 5.91 Å². The fourth-order valence-corrected chi connectivity index (χ4v) is 3.13. The van der Waals surface area contributed by atoms with Gasteiger partial charge in [-0.25, -0.2) is 8.42 Å². The Kier molecular flexibility index (Phi) is 5.82. The van der Waals surface area contributed by atoms with Gasteiger partial charge in [-0.05, 0) is 48.9 Å². The molecular formula is C19H22N2O4S. The number of nitrogens with zero attached hydrogens (tertiary/aromatic N) is 1. The molecule has 0 aromatic heterocycles. The predicted molar refractivity (Wildman–Crippen MR) is 101 cm³/mol. The highest BCUT2D eigenvalue weighted by Crippen LogP contribution is 2.23. The molecule has 2 aromatic rings. The van der Waals surface area contributed by atoms with Crippen LogP contribution in [-0.4, -0.2) is 38.4 Å². The summed E-state index contributed by atoms with van der Waals surface area (Å²) >= 11 is 0. The highest BCUT2D eigenvalue weighted by Gasteiger charge is 2.19. The zero-order chi connectivity index (χ0) is 19.5. The van der Waals surface area contributed by atoms with Crippen molar-refractivity contribution in [2.75, 3.05) is 18.6 Å². The molecule has 0 aliphatic carbocycles. The quantitative estimate of drug-likeness (QED) is 0.872. The molecule has 0 spiro atoms. The Balaban J connectivity index is 2.15. The molecule has 0 aliphatic rings. The van der Waals surface area contributed by atoms with Crippen LogP contribution < -0.4 is 5.32 Å². The lowest BCUT2D eigenvalue weighted by molar-refractivity contribution is -0.114. The zero-order valence-corrected chi connectivity index (χ0v) is 16.0. The van der Waals surface area contributed by atoms with Crippen LogP contribution in [0.4, 0.5) is 5.69 Å². The summed E-state index contributed by atoms with van der Waals surface area (Å²) in [5.74, 6) is -0.341. The van der Waals surface area contributed by atoms with Crippen molar-refractivity contribution in [3.8, 4) is 0 Å². The minimum atomic E-state index is -3.25. The number of hydrogen-bond acceptors (Lipinski definition) is 4. The van der Waals surface area contributed by atoms with E-state index in [4.69, 9.17) is 0 Å². The van der Waals surface area contributed by atoms with E-state index in [0.29, 0.717) is 11.3 Å². The van der Waals surface area contributed by atoms with Crippen molar-refractivity contribution in [3.05, 3.63) is 59.7 Å². The summed E-state index contributed by atoms with van der Waals surface area (Å²) in [5.41, 5.74) is 1.96. The van der Waals surface area contributed by atoms with E-state index in [-0.39, 0.29) is 22.8 Å². The molecule has 0 bridgehead atoms. The highest BCUT2D eigenvalue weighted by molar-refractivity contribution is 7.90. The van der Waals surface area contributed by atoms with E-state index in [1.807, 2.05) is 6.92 Å². The van der Waals surface area contributed by atoms with Crippen LogP contribution in [0, 0.1) is 0 Å². The van der Waals surface area contributed by atoms with Crippen LogP contribution >= 0.6 is 0 Å². The third-order valence-electron chi connectivity index (χ3n) is 4.14. The molecule has 7 heteroatoms. The van der Waals surface area contributed by atoms with Crippen LogP contribution in [0.3, 0.4) is 0 Å². The maximum Gasteiger partial charge on any atom is 0.254 e. The summed E-state index contributed by atoms with van der Waals surface area (Å²) in [6.45, 7) is 3.29. The number of anilines is 1. The number of amides is 2. The molecule has 0 saturated heterocycles. The smallest absolute Gasteiger partial charge is 0.254 e. The largest absolute Gasteiger partial charge is 0.335 e. The molecule has 2 rings (SSSR count). The van der Waals surface area contributed by atoms with Gasteiger partial charge in [-0.15, -0.1) is 0 Å². The molecule has 6 nitrogen and oxygen atoms in total. The highest BCUT2D eigenvalue weighted by atomic mass is 32.2. The van der Waals surface area contributed by atoms with Crippen molar-refractivity contribution in [3.63, 3.8) is 0 Å². The monoisotopic (exact) mass is 374 g/mol. The fraction of sp³-hybridized carbons (Fsp3) is 0.263. The zero-order valence-electron chi connectivity index (χ0n) is 15.2. The molecule has 0 heterocycles. The van der Waals surface area contributed by atoms with Gasteiger partial charge in [0.05, 0.1) is 10.9 Å². The average Bonchev–Trinajstić information content (AvgIpc) is 2.59.